The van der Waals surface area contributed by atoms with Gasteiger partial charge in [-0.2, -0.15) is 0 Å². The minimum Gasteiger partial charge on any atom is -0.493 e. The molecule has 0 spiro atoms. The van der Waals surface area contributed by atoms with Crippen molar-refractivity contribution in [2.75, 3.05) is 14.2 Å². The van der Waals surface area contributed by atoms with Crippen LogP contribution in [0, 0.1) is 0 Å². The molecule has 1 fully saturated rings. The lowest BCUT2D eigenvalue weighted by atomic mass is 9.82. The molecule has 0 heterocycles. The number of methoxy groups -OCH3 is 2. The van der Waals surface area contributed by atoms with Crippen LogP contribution in [-0.2, 0) is 10.0 Å². The van der Waals surface area contributed by atoms with Crippen molar-refractivity contribution in [2.24, 2.45) is 0 Å². The zero-order chi connectivity index (χ0) is 18.6. The number of ether oxygens (including phenoxy) is 2. The highest BCUT2D eigenvalue weighted by Gasteiger charge is 2.27. The maximum absolute atomic E-state index is 12.7. The fourth-order valence-electron chi connectivity index (χ4n) is 3.54. The second-order valence-corrected chi connectivity index (χ2v) is 8.31. The summed E-state index contributed by atoms with van der Waals surface area (Å²) >= 11 is 0. The lowest BCUT2D eigenvalue weighted by Crippen LogP contribution is -2.37. The van der Waals surface area contributed by atoms with Crippen molar-refractivity contribution in [3.63, 3.8) is 0 Å². The van der Waals surface area contributed by atoms with E-state index in [2.05, 4.69) is 29.0 Å². The Hall–Kier alpha value is -2.05. The predicted molar refractivity (Wildman–Crippen MR) is 101 cm³/mol. The third-order valence-electron chi connectivity index (χ3n) is 4.99. The molecule has 140 valence electrons. The smallest absolute Gasteiger partial charge is 0.240 e. The second-order valence-electron chi connectivity index (χ2n) is 6.60. The van der Waals surface area contributed by atoms with E-state index in [1.165, 1.54) is 25.8 Å². The summed E-state index contributed by atoms with van der Waals surface area (Å²) < 4.78 is 38.6. The Labute approximate surface area is 155 Å². The molecule has 3 rings (SSSR count). The molecule has 5 nitrogen and oxygen atoms in total. The molecule has 0 amide bonds. The monoisotopic (exact) mass is 375 g/mol. The molecule has 0 radical (unpaired) electrons. The summed E-state index contributed by atoms with van der Waals surface area (Å²) in [5, 5.41) is 0. The van der Waals surface area contributed by atoms with Gasteiger partial charge in [-0.05, 0) is 49.3 Å². The zero-order valence-corrected chi connectivity index (χ0v) is 16.0. The van der Waals surface area contributed by atoms with Crippen LogP contribution in [0.3, 0.4) is 0 Å². The third-order valence-corrected chi connectivity index (χ3v) is 6.50. The average molecular weight is 375 g/mol. The summed E-state index contributed by atoms with van der Waals surface area (Å²) in [5.41, 5.74) is 1.34. The molecule has 0 aliphatic heterocycles. The van der Waals surface area contributed by atoms with E-state index in [-0.39, 0.29) is 10.9 Å². The summed E-state index contributed by atoms with van der Waals surface area (Å²) in [5.74, 6) is 1.43. The van der Waals surface area contributed by atoms with Gasteiger partial charge in [-0.15, -0.1) is 0 Å². The standard InChI is InChI=1S/C20H25NO4S/c1-24-19-13-12-18(14-20(19)25-2)26(22,23)21-17-10-8-16(9-11-17)15-6-4-3-5-7-15/h3-7,12-14,16-17,21H,8-11H2,1-2H3. The molecule has 2 aromatic carbocycles. The van der Waals surface area contributed by atoms with Crippen LogP contribution < -0.4 is 14.2 Å². The van der Waals surface area contributed by atoms with Crippen LogP contribution in [0.4, 0.5) is 0 Å². The first-order valence-corrected chi connectivity index (χ1v) is 10.3. The van der Waals surface area contributed by atoms with Crippen molar-refractivity contribution < 1.29 is 17.9 Å². The van der Waals surface area contributed by atoms with E-state index in [1.54, 1.807) is 12.1 Å². The molecule has 0 bridgehead atoms. The van der Waals surface area contributed by atoms with Crippen molar-refractivity contribution in [2.45, 2.75) is 42.5 Å². The summed E-state index contributed by atoms with van der Waals surface area (Å²) in [6.45, 7) is 0. The van der Waals surface area contributed by atoms with Crippen LogP contribution >= 0.6 is 0 Å². The normalized spacial score (nSPS) is 20.5. The van der Waals surface area contributed by atoms with Crippen LogP contribution in [0.25, 0.3) is 0 Å². The number of sulfonamides is 1. The minimum absolute atomic E-state index is 0.0342. The molecular weight excluding hydrogens is 350 g/mol. The highest BCUT2D eigenvalue weighted by atomic mass is 32.2. The summed E-state index contributed by atoms with van der Waals surface area (Å²) in [4.78, 5) is 0.195. The molecule has 0 unspecified atom stereocenters. The molecule has 1 aliphatic rings. The Balaban J connectivity index is 1.65. The third kappa shape index (κ3) is 4.19. The fraction of sp³-hybridized carbons (Fsp3) is 0.400. The summed E-state index contributed by atoms with van der Waals surface area (Å²) in [7, 11) is -0.569. The summed E-state index contributed by atoms with van der Waals surface area (Å²) in [6.07, 6.45) is 3.66. The van der Waals surface area contributed by atoms with Crippen molar-refractivity contribution >= 4 is 10.0 Å². The largest absolute Gasteiger partial charge is 0.493 e. The lowest BCUT2D eigenvalue weighted by molar-refractivity contribution is 0.353. The highest BCUT2D eigenvalue weighted by Crippen LogP contribution is 2.34. The topological polar surface area (TPSA) is 64.6 Å². The van der Waals surface area contributed by atoms with Crippen molar-refractivity contribution in [1.82, 2.24) is 4.72 Å². The first-order chi connectivity index (χ1) is 12.5. The van der Waals surface area contributed by atoms with Gasteiger partial charge in [0.15, 0.2) is 11.5 Å². The van der Waals surface area contributed by atoms with Gasteiger partial charge in [0.2, 0.25) is 10.0 Å². The van der Waals surface area contributed by atoms with Gasteiger partial charge in [0.25, 0.3) is 0 Å². The SMILES string of the molecule is COc1ccc(S(=O)(=O)NC2CCC(c3ccccc3)CC2)cc1OC. The van der Waals surface area contributed by atoms with Crippen LogP contribution in [0.1, 0.15) is 37.2 Å². The number of nitrogens with one attached hydrogen (secondary N) is 1. The second kappa shape index (κ2) is 8.10. The molecular formula is C20H25NO4S. The maximum Gasteiger partial charge on any atom is 0.240 e. The van der Waals surface area contributed by atoms with E-state index in [1.807, 2.05) is 6.07 Å². The van der Waals surface area contributed by atoms with Crippen LogP contribution in [0.15, 0.2) is 53.4 Å². The lowest BCUT2D eigenvalue weighted by Gasteiger charge is -2.29. The van der Waals surface area contributed by atoms with Gasteiger partial charge < -0.3 is 9.47 Å². The molecule has 6 heteroatoms. The number of rotatable bonds is 6. The summed E-state index contributed by atoms with van der Waals surface area (Å²) in [6, 6.07) is 15.1. The number of benzene rings is 2. The molecule has 26 heavy (non-hydrogen) atoms. The van der Waals surface area contributed by atoms with E-state index in [4.69, 9.17) is 9.47 Å². The van der Waals surface area contributed by atoms with Crippen molar-refractivity contribution in [3.05, 3.63) is 54.1 Å². The predicted octanol–water partition coefficient (Wildman–Crippen LogP) is 3.71. The van der Waals surface area contributed by atoms with Crippen LogP contribution in [-0.4, -0.2) is 28.7 Å². The van der Waals surface area contributed by atoms with Gasteiger partial charge in [0.05, 0.1) is 19.1 Å². The first kappa shape index (κ1) is 18.7. The molecule has 2 aromatic rings. The van der Waals surface area contributed by atoms with Crippen molar-refractivity contribution in [3.8, 4) is 11.5 Å². The van der Waals surface area contributed by atoms with Gasteiger partial charge in [-0.1, -0.05) is 30.3 Å². The number of hydrogen-bond acceptors (Lipinski definition) is 4. The highest BCUT2D eigenvalue weighted by molar-refractivity contribution is 7.89. The van der Waals surface area contributed by atoms with Crippen LogP contribution in [0.5, 0.6) is 11.5 Å². The van der Waals surface area contributed by atoms with E-state index >= 15 is 0 Å². The quantitative estimate of drug-likeness (QED) is 0.836. The number of hydrogen-bond donors (Lipinski definition) is 1. The van der Waals surface area contributed by atoms with E-state index in [0.717, 1.165) is 25.7 Å². The van der Waals surface area contributed by atoms with E-state index in [9.17, 15) is 8.42 Å². The fourth-order valence-corrected chi connectivity index (χ4v) is 4.86. The molecule has 1 aliphatic carbocycles. The first-order valence-electron chi connectivity index (χ1n) is 8.83. The van der Waals surface area contributed by atoms with Gasteiger partial charge in [0.1, 0.15) is 0 Å². The van der Waals surface area contributed by atoms with Crippen LogP contribution in [0.2, 0.25) is 0 Å². The maximum atomic E-state index is 12.7. The Morgan fingerprint density at radius 3 is 2.15 bits per heavy atom. The van der Waals surface area contributed by atoms with E-state index in [0.29, 0.717) is 17.4 Å². The molecule has 1 saturated carbocycles. The van der Waals surface area contributed by atoms with Gasteiger partial charge in [-0.3, -0.25) is 0 Å². The Bertz CT molecular complexity index is 828. The Morgan fingerprint density at radius 2 is 1.54 bits per heavy atom. The Morgan fingerprint density at radius 1 is 0.885 bits per heavy atom. The molecule has 1 N–H and O–H groups in total. The molecule has 0 saturated heterocycles. The van der Waals surface area contributed by atoms with Gasteiger partial charge in [-0.25, -0.2) is 13.1 Å². The van der Waals surface area contributed by atoms with Gasteiger partial charge in [0, 0.05) is 12.1 Å². The molecule has 0 aromatic heterocycles. The van der Waals surface area contributed by atoms with E-state index < -0.39 is 10.0 Å². The minimum atomic E-state index is -3.59. The van der Waals surface area contributed by atoms with Crippen molar-refractivity contribution in [1.29, 1.82) is 0 Å². The van der Waals surface area contributed by atoms with Gasteiger partial charge >= 0.3 is 0 Å². The average Bonchev–Trinajstić information content (AvgIpc) is 2.68. The Kier molecular flexibility index (Phi) is 5.84. The zero-order valence-electron chi connectivity index (χ0n) is 15.1. The molecule has 0 atom stereocenters.